The summed E-state index contributed by atoms with van der Waals surface area (Å²) >= 11 is 0. The molecular formula is C16H28IN5. The van der Waals surface area contributed by atoms with Crippen molar-refractivity contribution in [2.24, 2.45) is 4.99 Å². The Morgan fingerprint density at radius 2 is 1.77 bits per heavy atom. The highest BCUT2D eigenvalue weighted by Crippen LogP contribution is 2.18. The number of piperidine rings is 1. The maximum atomic E-state index is 4.70. The molecule has 22 heavy (non-hydrogen) atoms. The van der Waals surface area contributed by atoms with Gasteiger partial charge in [-0.1, -0.05) is 0 Å². The van der Waals surface area contributed by atoms with Crippen molar-refractivity contribution in [1.82, 2.24) is 14.8 Å². The van der Waals surface area contributed by atoms with Crippen molar-refractivity contribution in [2.75, 3.05) is 46.2 Å². The summed E-state index contributed by atoms with van der Waals surface area (Å²) in [5, 5.41) is 0. The molecule has 2 heterocycles. The van der Waals surface area contributed by atoms with E-state index >= 15 is 0 Å². The van der Waals surface area contributed by atoms with E-state index in [0.29, 0.717) is 6.54 Å². The third kappa shape index (κ3) is 5.30. The van der Waals surface area contributed by atoms with Crippen LogP contribution < -0.4 is 4.90 Å². The van der Waals surface area contributed by atoms with Crippen molar-refractivity contribution in [1.29, 1.82) is 0 Å². The summed E-state index contributed by atoms with van der Waals surface area (Å²) in [6.45, 7) is 2.94. The molecule has 0 atom stereocenters. The summed E-state index contributed by atoms with van der Waals surface area (Å²) in [4.78, 5) is 15.7. The Morgan fingerprint density at radius 1 is 1.14 bits per heavy atom. The normalized spacial score (nSPS) is 14.1. The van der Waals surface area contributed by atoms with E-state index in [2.05, 4.69) is 22.0 Å². The predicted octanol–water partition coefficient (Wildman–Crippen LogP) is 2.67. The molecular weight excluding hydrogens is 389 g/mol. The van der Waals surface area contributed by atoms with E-state index in [0.717, 1.165) is 24.9 Å². The number of hydrogen-bond acceptors (Lipinski definition) is 3. The minimum absolute atomic E-state index is 0. The van der Waals surface area contributed by atoms with E-state index in [-0.39, 0.29) is 24.0 Å². The Bertz CT molecular complexity index is 471. The van der Waals surface area contributed by atoms with E-state index in [4.69, 9.17) is 4.99 Å². The van der Waals surface area contributed by atoms with Crippen LogP contribution in [0.4, 0.5) is 5.82 Å². The first-order chi connectivity index (χ1) is 10.1. The Morgan fingerprint density at radius 3 is 2.36 bits per heavy atom. The van der Waals surface area contributed by atoms with Crippen LogP contribution in [0.3, 0.4) is 0 Å². The zero-order valence-electron chi connectivity index (χ0n) is 14.1. The van der Waals surface area contributed by atoms with Gasteiger partial charge in [-0.15, -0.1) is 24.0 Å². The summed E-state index contributed by atoms with van der Waals surface area (Å²) in [7, 11) is 8.07. The molecule has 0 amide bonds. The zero-order valence-corrected chi connectivity index (χ0v) is 16.4. The monoisotopic (exact) mass is 417 g/mol. The van der Waals surface area contributed by atoms with Gasteiger partial charge in [-0.2, -0.15) is 0 Å². The summed E-state index contributed by atoms with van der Waals surface area (Å²) in [5.74, 6) is 2.07. The largest absolute Gasteiger partial charge is 0.357 e. The summed E-state index contributed by atoms with van der Waals surface area (Å²) < 4.78 is 0. The fourth-order valence-corrected chi connectivity index (χ4v) is 2.70. The van der Waals surface area contributed by atoms with E-state index in [1.807, 2.05) is 44.2 Å². The van der Waals surface area contributed by atoms with Crippen molar-refractivity contribution in [3.05, 3.63) is 23.9 Å². The SMILES string of the molecule is CN(C)C(=NCc1ccnc(N2CCCCC2)c1)N(C)C.I. The lowest BCUT2D eigenvalue weighted by atomic mass is 10.1. The average molecular weight is 417 g/mol. The molecule has 1 aliphatic rings. The second-order valence-corrected chi connectivity index (χ2v) is 5.98. The standard InChI is InChI=1S/C16H27N5.HI/c1-19(2)16(20(3)4)18-13-14-8-9-17-15(12-14)21-10-6-5-7-11-21;/h8-9,12H,5-7,10-11,13H2,1-4H3;1H. The van der Waals surface area contributed by atoms with Crippen molar-refractivity contribution in [3.63, 3.8) is 0 Å². The number of hydrogen-bond donors (Lipinski definition) is 0. The van der Waals surface area contributed by atoms with Gasteiger partial charge in [0.05, 0.1) is 6.54 Å². The quantitative estimate of drug-likeness (QED) is 0.431. The van der Waals surface area contributed by atoms with Crippen LogP contribution in [0.2, 0.25) is 0 Å². The number of aromatic nitrogens is 1. The molecule has 0 spiro atoms. The maximum absolute atomic E-state index is 4.70. The molecule has 1 aliphatic heterocycles. The first-order valence-electron chi connectivity index (χ1n) is 7.67. The number of rotatable bonds is 3. The maximum Gasteiger partial charge on any atom is 0.195 e. The molecule has 0 saturated carbocycles. The van der Waals surface area contributed by atoms with Crippen LogP contribution >= 0.6 is 24.0 Å². The smallest absolute Gasteiger partial charge is 0.195 e. The van der Waals surface area contributed by atoms with Gasteiger partial charge < -0.3 is 14.7 Å². The molecule has 1 fully saturated rings. The lowest BCUT2D eigenvalue weighted by Crippen LogP contribution is -2.35. The van der Waals surface area contributed by atoms with Crippen LogP contribution in [0.15, 0.2) is 23.3 Å². The van der Waals surface area contributed by atoms with Crippen molar-refractivity contribution >= 4 is 35.8 Å². The fraction of sp³-hybridized carbons (Fsp3) is 0.625. The van der Waals surface area contributed by atoms with Gasteiger partial charge in [-0.3, -0.25) is 0 Å². The molecule has 0 N–H and O–H groups in total. The third-order valence-electron chi connectivity index (χ3n) is 3.69. The summed E-state index contributed by atoms with van der Waals surface area (Å²) in [5.41, 5.74) is 1.21. The highest BCUT2D eigenvalue weighted by atomic mass is 127. The van der Waals surface area contributed by atoms with E-state index in [9.17, 15) is 0 Å². The van der Waals surface area contributed by atoms with Gasteiger partial charge in [0.15, 0.2) is 5.96 Å². The molecule has 0 bridgehead atoms. The molecule has 1 saturated heterocycles. The van der Waals surface area contributed by atoms with Crippen LogP contribution in [-0.2, 0) is 6.54 Å². The molecule has 5 nitrogen and oxygen atoms in total. The van der Waals surface area contributed by atoms with Gasteiger partial charge in [0.1, 0.15) is 5.82 Å². The Kier molecular flexibility index (Phi) is 7.92. The van der Waals surface area contributed by atoms with Gasteiger partial charge >= 0.3 is 0 Å². The zero-order chi connectivity index (χ0) is 15.2. The Balaban J connectivity index is 0.00000242. The summed E-state index contributed by atoms with van der Waals surface area (Å²) in [6.07, 6.45) is 5.79. The lowest BCUT2D eigenvalue weighted by Gasteiger charge is -2.28. The minimum atomic E-state index is 0. The molecule has 2 rings (SSSR count). The fourth-order valence-electron chi connectivity index (χ4n) is 2.70. The number of aliphatic imine (C=N–C) groups is 1. The second-order valence-electron chi connectivity index (χ2n) is 5.98. The number of anilines is 1. The van der Waals surface area contributed by atoms with E-state index < -0.39 is 0 Å². The van der Waals surface area contributed by atoms with Crippen LogP contribution in [-0.4, -0.2) is 62.0 Å². The van der Waals surface area contributed by atoms with Crippen LogP contribution in [0, 0.1) is 0 Å². The predicted molar refractivity (Wildman–Crippen MR) is 104 cm³/mol. The average Bonchev–Trinajstić information content (AvgIpc) is 2.48. The number of nitrogens with zero attached hydrogens (tertiary/aromatic N) is 5. The second kappa shape index (κ2) is 9.17. The molecule has 0 aliphatic carbocycles. The van der Waals surface area contributed by atoms with E-state index in [1.165, 1.54) is 24.8 Å². The lowest BCUT2D eigenvalue weighted by molar-refractivity contribution is 0.479. The van der Waals surface area contributed by atoms with E-state index in [1.54, 1.807) is 0 Å². The van der Waals surface area contributed by atoms with Gasteiger partial charge in [-0.05, 0) is 37.0 Å². The molecule has 0 radical (unpaired) electrons. The van der Waals surface area contributed by atoms with Crippen molar-refractivity contribution in [2.45, 2.75) is 25.8 Å². The Labute approximate surface area is 151 Å². The highest BCUT2D eigenvalue weighted by Gasteiger charge is 2.12. The van der Waals surface area contributed by atoms with Gasteiger partial charge in [0.2, 0.25) is 0 Å². The van der Waals surface area contributed by atoms with Crippen LogP contribution in [0.5, 0.6) is 0 Å². The minimum Gasteiger partial charge on any atom is -0.357 e. The van der Waals surface area contributed by atoms with Gasteiger partial charge in [0.25, 0.3) is 0 Å². The first kappa shape index (κ1) is 19.0. The molecule has 0 unspecified atom stereocenters. The van der Waals surface area contributed by atoms with Crippen molar-refractivity contribution in [3.8, 4) is 0 Å². The number of guanidine groups is 1. The first-order valence-corrected chi connectivity index (χ1v) is 7.67. The Hall–Kier alpha value is -1.05. The summed E-state index contributed by atoms with van der Waals surface area (Å²) in [6, 6.07) is 4.23. The third-order valence-corrected chi connectivity index (χ3v) is 3.69. The topological polar surface area (TPSA) is 35.0 Å². The highest BCUT2D eigenvalue weighted by molar-refractivity contribution is 14.0. The van der Waals surface area contributed by atoms with Crippen molar-refractivity contribution < 1.29 is 0 Å². The van der Waals surface area contributed by atoms with Gasteiger partial charge in [-0.25, -0.2) is 9.98 Å². The van der Waals surface area contributed by atoms with Gasteiger partial charge in [0, 0.05) is 47.5 Å². The van der Waals surface area contributed by atoms with Crippen LogP contribution in [0.25, 0.3) is 0 Å². The molecule has 1 aromatic heterocycles. The molecule has 1 aromatic rings. The van der Waals surface area contributed by atoms with Crippen LogP contribution in [0.1, 0.15) is 24.8 Å². The molecule has 124 valence electrons. The number of halogens is 1. The number of pyridine rings is 1. The molecule has 0 aromatic carbocycles. The molecule has 6 heteroatoms.